The van der Waals surface area contributed by atoms with Crippen molar-refractivity contribution in [3.05, 3.63) is 53.9 Å². The van der Waals surface area contributed by atoms with Crippen molar-refractivity contribution in [1.82, 2.24) is 9.55 Å². The molecule has 0 saturated heterocycles. The highest BCUT2D eigenvalue weighted by Crippen LogP contribution is 2.34. The molecule has 1 atom stereocenters. The fourth-order valence-electron chi connectivity index (χ4n) is 3.54. The molecule has 0 unspecified atom stereocenters. The first kappa shape index (κ1) is 18.0. The normalized spacial score (nSPS) is 15.8. The number of hydrogen-bond donors (Lipinski definition) is 0. The summed E-state index contributed by atoms with van der Waals surface area (Å²) in [6, 6.07) is 12.6. The number of nitrogens with zero attached hydrogens (tertiary/aromatic N) is 3. The molecule has 0 aliphatic carbocycles. The van der Waals surface area contributed by atoms with Crippen LogP contribution in [0.4, 0.5) is 5.69 Å². The molecule has 144 valence electrons. The van der Waals surface area contributed by atoms with Gasteiger partial charge in [0.05, 0.1) is 30.4 Å². The van der Waals surface area contributed by atoms with Gasteiger partial charge in [-0.15, -0.1) is 0 Å². The van der Waals surface area contributed by atoms with Crippen LogP contribution in [0, 0.1) is 0 Å². The predicted octanol–water partition coefficient (Wildman–Crippen LogP) is 2.72. The lowest BCUT2D eigenvalue weighted by Crippen LogP contribution is -2.47. The van der Waals surface area contributed by atoms with Gasteiger partial charge < -0.3 is 18.9 Å². The van der Waals surface area contributed by atoms with Crippen molar-refractivity contribution in [3.63, 3.8) is 0 Å². The Balaban J connectivity index is 1.74. The quantitative estimate of drug-likeness (QED) is 0.654. The Morgan fingerprint density at radius 1 is 1.25 bits per heavy atom. The Labute approximate surface area is 162 Å². The van der Waals surface area contributed by atoms with E-state index < -0.39 is 12.1 Å². The second-order valence-corrected chi connectivity index (χ2v) is 6.66. The van der Waals surface area contributed by atoms with Crippen LogP contribution in [-0.2, 0) is 23.0 Å². The maximum Gasteiger partial charge on any atom is 0.348 e. The van der Waals surface area contributed by atoms with Gasteiger partial charge in [-0.3, -0.25) is 4.79 Å². The monoisotopic (exact) mass is 379 g/mol. The Morgan fingerprint density at radius 2 is 2.04 bits per heavy atom. The van der Waals surface area contributed by atoms with Crippen LogP contribution in [0.3, 0.4) is 0 Å². The molecule has 4 rings (SSSR count). The molecule has 0 spiro atoms. The molecule has 1 amide bonds. The molecule has 2 aromatic carbocycles. The summed E-state index contributed by atoms with van der Waals surface area (Å²) in [5, 5.41) is 0. The van der Waals surface area contributed by atoms with E-state index in [1.54, 1.807) is 35.2 Å². The minimum atomic E-state index is -0.867. The second-order valence-electron chi connectivity index (χ2n) is 6.66. The standard InChI is InChI=1S/C21H21N3O4/c1-4-19-22-14-11-13(9-10-15(14)23(19)2)20(25)24-12-18(21(26)27-3)28-17-8-6-5-7-16(17)24/h5-11,18H,4,12H2,1-3H3/t18-/m1/s1. The van der Waals surface area contributed by atoms with Crippen LogP contribution >= 0.6 is 0 Å². The predicted molar refractivity (Wildman–Crippen MR) is 105 cm³/mol. The van der Waals surface area contributed by atoms with Crippen molar-refractivity contribution in [1.29, 1.82) is 0 Å². The van der Waals surface area contributed by atoms with Crippen LogP contribution in [0.5, 0.6) is 5.75 Å². The number of carbonyl (C=O) groups excluding carboxylic acids is 2. The maximum absolute atomic E-state index is 13.3. The first-order valence-corrected chi connectivity index (χ1v) is 9.14. The van der Waals surface area contributed by atoms with Gasteiger partial charge in [-0.2, -0.15) is 0 Å². The SMILES string of the molecule is CCc1nc2cc(C(=O)N3C[C@H](C(=O)OC)Oc4ccccc43)ccc2n1C. The van der Waals surface area contributed by atoms with E-state index in [-0.39, 0.29) is 12.5 Å². The number of esters is 1. The largest absolute Gasteiger partial charge is 0.475 e. The van der Waals surface area contributed by atoms with Crippen LogP contribution in [0.15, 0.2) is 42.5 Å². The Bertz CT molecular complexity index is 1070. The van der Waals surface area contributed by atoms with E-state index in [1.807, 2.05) is 30.7 Å². The molecule has 0 bridgehead atoms. The number of methoxy groups -OCH3 is 1. The van der Waals surface area contributed by atoms with Gasteiger partial charge in [0.2, 0.25) is 6.10 Å². The molecule has 0 radical (unpaired) electrons. The molecule has 3 aromatic rings. The van der Waals surface area contributed by atoms with Gasteiger partial charge in [-0.05, 0) is 30.3 Å². The summed E-state index contributed by atoms with van der Waals surface area (Å²) >= 11 is 0. The Morgan fingerprint density at radius 3 is 2.79 bits per heavy atom. The summed E-state index contributed by atoms with van der Waals surface area (Å²) in [7, 11) is 3.27. The average Bonchev–Trinajstić information content (AvgIpc) is 3.06. The third-order valence-electron chi connectivity index (χ3n) is 5.02. The zero-order valence-corrected chi connectivity index (χ0v) is 16.0. The van der Waals surface area contributed by atoms with E-state index in [4.69, 9.17) is 9.47 Å². The van der Waals surface area contributed by atoms with Crippen molar-refractivity contribution in [2.45, 2.75) is 19.4 Å². The van der Waals surface area contributed by atoms with Crippen LogP contribution in [0.25, 0.3) is 11.0 Å². The summed E-state index contributed by atoms with van der Waals surface area (Å²) in [6.45, 7) is 2.13. The third-order valence-corrected chi connectivity index (χ3v) is 5.02. The van der Waals surface area contributed by atoms with E-state index in [0.717, 1.165) is 23.3 Å². The number of anilines is 1. The minimum Gasteiger partial charge on any atom is -0.475 e. The summed E-state index contributed by atoms with van der Waals surface area (Å²) in [5.74, 6) is 0.710. The van der Waals surface area contributed by atoms with E-state index >= 15 is 0 Å². The summed E-state index contributed by atoms with van der Waals surface area (Å²) in [4.78, 5) is 31.5. The average molecular weight is 379 g/mol. The van der Waals surface area contributed by atoms with Crippen LogP contribution in [0.1, 0.15) is 23.1 Å². The number of imidazole rings is 1. The number of para-hydroxylation sites is 2. The first-order chi connectivity index (χ1) is 13.5. The highest BCUT2D eigenvalue weighted by atomic mass is 16.6. The second kappa shape index (κ2) is 6.99. The number of ether oxygens (including phenoxy) is 2. The fourth-order valence-corrected chi connectivity index (χ4v) is 3.54. The molecule has 1 aliphatic heterocycles. The number of benzene rings is 2. The molecule has 7 heteroatoms. The number of hydrogen-bond acceptors (Lipinski definition) is 5. The lowest BCUT2D eigenvalue weighted by molar-refractivity contribution is -0.148. The fraction of sp³-hybridized carbons (Fsp3) is 0.286. The van der Waals surface area contributed by atoms with Crippen molar-refractivity contribution >= 4 is 28.6 Å². The van der Waals surface area contributed by atoms with Gasteiger partial charge in [0, 0.05) is 19.0 Å². The van der Waals surface area contributed by atoms with Gasteiger partial charge in [-0.25, -0.2) is 9.78 Å². The molecule has 0 N–H and O–H groups in total. The van der Waals surface area contributed by atoms with E-state index in [9.17, 15) is 9.59 Å². The molecule has 0 saturated carbocycles. The van der Waals surface area contributed by atoms with Gasteiger partial charge >= 0.3 is 5.97 Å². The van der Waals surface area contributed by atoms with Crippen molar-refractivity contribution in [2.24, 2.45) is 7.05 Å². The smallest absolute Gasteiger partial charge is 0.348 e. The Hall–Kier alpha value is -3.35. The summed E-state index contributed by atoms with van der Waals surface area (Å²) in [6.07, 6.45) is -0.0549. The van der Waals surface area contributed by atoms with Crippen LogP contribution in [-0.4, -0.2) is 41.2 Å². The Kier molecular flexibility index (Phi) is 4.50. The number of carbonyl (C=O) groups is 2. The van der Waals surface area contributed by atoms with Gasteiger partial charge in [0.15, 0.2) is 0 Å². The molecule has 7 nitrogen and oxygen atoms in total. The van der Waals surface area contributed by atoms with Gasteiger partial charge in [0.25, 0.3) is 5.91 Å². The van der Waals surface area contributed by atoms with E-state index in [1.165, 1.54) is 7.11 Å². The number of aromatic nitrogens is 2. The summed E-state index contributed by atoms with van der Waals surface area (Å²) in [5.41, 5.74) is 2.89. The zero-order chi connectivity index (χ0) is 19.8. The summed E-state index contributed by atoms with van der Waals surface area (Å²) < 4.78 is 12.6. The molecular formula is C21H21N3O4. The molecule has 0 fully saturated rings. The van der Waals surface area contributed by atoms with E-state index in [2.05, 4.69) is 4.98 Å². The first-order valence-electron chi connectivity index (χ1n) is 9.14. The maximum atomic E-state index is 13.3. The van der Waals surface area contributed by atoms with Crippen LogP contribution < -0.4 is 9.64 Å². The van der Waals surface area contributed by atoms with Crippen molar-refractivity contribution in [2.75, 3.05) is 18.6 Å². The topological polar surface area (TPSA) is 73.7 Å². The van der Waals surface area contributed by atoms with Gasteiger partial charge in [0.1, 0.15) is 11.6 Å². The molecule has 1 aromatic heterocycles. The molecular weight excluding hydrogens is 358 g/mol. The number of rotatable bonds is 3. The molecule has 2 heterocycles. The number of amides is 1. The van der Waals surface area contributed by atoms with Crippen molar-refractivity contribution in [3.8, 4) is 5.75 Å². The molecule has 28 heavy (non-hydrogen) atoms. The van der Waals surface area contributed by atoms with Crippen molar-refractivity contribution < 1.29 is 19.1 Å². The lowest BCUT2D eigenvalue weighted by atomic mass is 10.1. The third kappa shape index (κ3) is 2.89. The van der Waals surface area contributed by atoms with Gasteiger partial charge in [-0.1, -0.05) is 19.1 Å². The van der Waals surface area contributed by atoms with Crippen LogP contribution in [0.2, 0.25) is 0 Å². The zero-order valence-electron chi connectivity index (χ0n) is 16.0. The highest BCUT2D eigenvalue weighted by Gasteiger charge is 2.34. The number of fused-ring (bicyclic) bond motifs is 2. The molecule has 1 aliphatic rings. The minimum absolute atomic E-state index is 0.0863. The number of aryl methyl sites for hydroxylation is 2. The van der Waals surface area contributed by atoms with E-state index in [0.29, 0.717) is 17.0 Å². The highest BCUT2D eigenvalue weighted by molar-refractivity contribution is 6.09. The lowest BCUT2D eigenvalue weighted by Gasteiger charge is -2.33.